The molecular weight excluding hydrogens is 312 g/mol. The zero-order valence-corrected chi connectivity index (χ0v) is 13.9. The van der Waals surface area contributed by atoms with Crippen LogP contribution < -0.4 is 5.32 Å². The second-order valence-corrected chi connectivity index (χ2v) is 6.17. The van der Waals surface area contributed by atoms with Crippen molar-refractivity contribution in [2.45, 2.75) is 19.4 Å². The van der Waals surface area contributed by atoms with Crippen LogP contribution in [0.1, 0.15) is 12.0 Å². The minimum atomic E-state index is 0.0558. The molecule has 0 spiro atoms. The minimum Gasteiger partial charge on any atom is -0.361 e. The quantitative estimate of drug-likeness (QED) is 0.532. The van der Waals surface area contributed by atoms with Crippen LogP contribution in [0, 0.1) is 0 Å². The summed E-state index contributed by atoms with van der Waals surface area (Å²) in [7, 11) is 0. The number of hydrogen-bond donors (Lipinski definition) is 2. The average Bonchev–Trinajstić information content (AvgIpc) is 3.24. The number of fused-ring (bicyclic) bond motifs is 2. The third kappa shape index (κ3) is 3.26. The van der Waals surface area contributed by atoms with Gasteiger partial charge in [0.15, 0.2) is 0 Å². The van der Waals surface area contributed by atoms with Crippen LogP contribution in [0.2, 0.25) is 0 Å². The lowest BCUT2D eigenvalue weighted by Gasteiger charge is -2.07. The molecule has 0 aliphatic rings. The molecule has 126 valence electrons. The third-order valence-electron chi connectivity index (χ3n) is 4.45. The van der Waals surface area contributed by atoms with Crippen LogP contribution >= 0.6 is 0 Å². The number of hydrogen-bond acceptors (Lipinski definition) is 2. The molecule has 3 aromatic heterocycles. The number of nitrogens with zero attached hydrogens (tertiary/aromatic N) is 2. The van der Waals surface area contributed by atoms with Crippen molar-refractivity contribution in [3.63, 3.8) is 0 Å². The van der Waals surface area contributed by atoms with Crippen LogP contribution in [-0.2, 0) is 17.8 Å². The smallest absolute Gasteiger partial charge is 0.224 e. The van der Waals surface area contributed by atoms with Crippen molar-refractivity contribution in [3.8, 4) is 0 Å². The highest BCUT2D eigenvalue weighted by molar-refractivity contribution is 5.88. The molecule has 25 heavy (non-hydrogen) atoms. The van der Waals surface area contributed by atoms with Crippen LogP contribution in [0.15, 0.2) is 61.1 Å². The molecule has 1 aromatic carbocycles. The van der Waals surface area contributed by atoms with Gasteiger partial charge in [-0.15, -0.1) is 0 Å². The maximum atomic E-state index is 12.2. The highest BCUT2D eigenvalue weighted by Crippen LogP contribution is 2.18. The van der Waals surface area contributed by atoms with Crippen molar-refractivity contribution < 1.29 is 4.79 Å². The number of rotatable bonds is 6. The Bertz CT molecular complexity index is 1010. The van der Waals surface area contributed by atoms with Crippen molar-refractivity contribution in [2.24, 2.45) is 0 Å². The molecule has 4 rings (SSSR count). The zero-order valence-electron chi connectivity index (χ0n) is 13.9. The number of aromatic amines is 1. The fourth-order valence-electron chi connectivity index (χ4n) is 3.19. The first-order valence-corrected chi connectivity index (χ1v) is 8.53. The van der Waals surface area contributed by atoms with E-state index in [1.165, 1.54) is 0 Å². The number of nitrogens with one attached hydrogen (secondary N) is 2. The maximum Gasteiger partial charge on any atom is 0.224 e. The van der Waals surface area contributed by atoms with E-state index in [-0.39, 0.29) is 5.91 Å². The Balaban J connectivity index is 1.29. The largest absolute Gasteiger partial charge is 0.361 e. The van der Waals surface area contributed by atoms with E-state index in [1.54, 1.807) is 0 Å². The summed E-state index contributed by atoms with van der Waals surface area (Å²) in [5.41, 5.74) is 3.10. The minimum absolute atomic E-state index is 0.0558. The van der Waals surface area contributed by atoms with Gasteiger partial charge in [0.25, 0.3) is 0 Å². The van der Waals surface area contributed by atoms with E-state index in [1.807, 2.05) is 48.9 Å². The molecule has 4 aromatic rings. The monoisotopic (exact) mass is 332 g/mol. The molecule has 0 atom stereocenters. The third-order valence-corrected chi connectivity index (χ3v) is 4.45. The summed E-state index contributed by atoms with van der Waals surface area (Å²) in [5.74, 6) is 0.0558. The predicted octanol–water partition coefficient (Wildman–Crippen LogP) is 3.27. The van der Waals surface area contributed by atoms with Gasteiger partial charge in [-0.25, -0.2) is 4.98 Å². The lowest BCUT2D eigenvalue weighted by molar-refractivity contribution is -0.120. The van der Waals surface area contributed by atoms with E-state index < -0.39 is 0 Å². The summed E-state index contributed by atoms with van der Waals surface area (Å²) in [6.07, 6.45) is 7.05. The highest BCUT2D eigenvalue weighted by atomic mass is 16.1. The Morgan fingerprint density at radius 1 is 1.16 bits per heavy atom. The van der Waals surface area contributed by atoms with Gasteiger partial charge < -0.3 is 14.9 Å². The summed E-state index contributed by atoms with van der Waals surface area (Å²) in [6.45, 7) is 1.50. The Kier molecular flexibility index (Phi) is 4.21. The fraction of sp³-hybridized carbons (Fsp3) is 0.200. The van der Waals surface area contributed by atoms with Gasteiger partial charge in [0.1, 0.15) is 5.65 Å². The molecule has 5 heteroatoms. The molecule has 0 saturated carbocycles. The predicted molar refractivity (Wildman–Crippen MR) is 99.4 cm³/mol. The number of benzene rings is 1. The van der Waals surface area contributed by atoms with E-state index in [2.05, 4.69) is 32.0 Å². The maximum absolute atomic E-state index is 12.2. The Morgan fingerprint density at radius 3 is 3.04 bits per heavy atom. The summed E-state index contributed by atoms with van der Waals surface area (Å²) in [6, 6.07) is 14.1. The summed E-state index contributed by atoms with van der Waals surface area (Å²) < 4.78 is 2.13. The van der Waals surface area contributed by atoms with Gasteiger partial charge in [-0.05, 0) is 36.2 Å². The Labute approximate surface area is 145 Å². The average molecular weight is 332 g/mol. The van der Waals surface area contributed by atoms with Crippen molar-refractivity contribution >= 4 is 27.8 Å². The van der Waals surface area contributed by atoms with E-state index >= 15 is 0 Å². The molecule has 1 amide bonds. The number of pyridine rings is 1. The fourth-order valence-corrected chi connectivity index (χ4v) is 3.19. The van der Waals surface area contributed by atoms with Gasteiger partial charge in [0, 0.05) is 48.0 Å². The van der Waals surface area contributed by atoms with Crippen molar-refractivity contribution in [2.75, 3.05) is 6.54 Å². The second kappa shape index (κ2) is 6.81. The summed E-state index contributed by atoms with van der Waals surface area (Å²) in [4.78, 5) is 19.8. The van der Waals surface area contributed by atoms with E-state index in [9.17, 15) is 4.79 Å². The summed E-state index contributed by atoms with van der Waals surface area (Å²) >= 11 is 0. The van der Waals surface area contributed by atoms with Gasteiger partial charge in [0.05, 0.1) is 6.42 Å². The number of aryl methyl sites for hydroxylation is 1. The Hall–Kier alpha value is -3.08. The molecule has 0 unspecified atom stereocenters. The summed E-state index contributed by atoms with van der Waals surface area (Å²) in [5, 5.41) is 5.27. The molecule has 0 bridgehead atoms. The van der Waals surface area contributed by atoms with E-state index in [4.69, 9.17) is 0 Å². The highest BCUT2D eigenvalue weighted by Gasteiger charge is 2.08. The van der Waals surface area contributed by atoms with Crippen molar-refractivity contribution in [1.29, 1.82) is 0 Å². The molecule has 3 heterocycles. The van der Waals surface area contributed by atoms with Crippen LogP contribution in [0.3, 0.4) is 0 Å². The number of H-pyrrole nitrogens is 1. The SMILES string of the molecule is O=C(Cc1c[nH]c2ccccc12)NCCCn1ccc2cccnc21. The molecule has 0 aliphatic heterocycles. The molecule has 0 radical (unpaired) electrons. The zero-order chi connectivity index (χ0) is 17.1. The molecule has 5 nitrogen and oxygen atoms in total. The Morgan fingerprint density at radius 2 is 2.08 bits per heavy atom. The van der Waals surface area contributed by atoms with Crippen LogP contribution in [0.25, 0.3) is 21.9 Å². The van der Waals surface area contributed by atoms with E-state index in [0.717, 1.165) is 40.5 Å². The number of amides is 1. The molecule has 0 saturated heterocycles. The van der Waals surface area contributed by atoms with Crippen molar-refractivity contribution in [3.05, 3.63) is 66.6 Å². The van der Waals surface area contributed by atoms with Gasteiger partial charge in [-0.2, -0.15) is 0 Å². The standard InChI is InChI=1S/C20H20N4O/c25-19(13-16-14-23-18-7-2-1-6-17(16)18)21-10-4-11-24-12-8-15-5-3-9-22-20(15)24/h1-3,5-9,12,14,23H,4,10-11,13H2,(H,21,25). The van der Waals surface area contributed by atoms with Gasteiger partial charge in [-0.1, -0.05) is 18.2 Å². The first-order valence-electron chi connectivity index (χ1n) is 8.53. The molecular formula is C20H20N4O. The molecule has 0 fully saturated rings. The van der Waals surface area contributed by atoms with Crippen LogP contribution in [0.5, 0.6) is 0 Å². The first kappa shape index (κ1) is 15.4. The number of carbonyl (C=O) groups excluding carboxylic acids is 1. The van der Waals surface area contributed by atoms with Crippen molar-refractivity contribution in [1.82, 2.24) is 19.9 Å². The van der Waals surface area contributed by atoms with Gasteiger partial charge in [0.2, 0.25) is 5.91 Å². The topological polar surface area (TPSA) is 62.7 Å². The number of aromatic nitrogens is 3. The van der Waals surface area contributed by atoms with E-state index in [0.29, 0.717) is 13.0 Å². The first-order chi connectivity index (χ1) is 12.3. The second-order valence-electron chi connectivity index (χ2n) is 6.17. The normalized spacial score (nSPS) is 11.2. The number of carbonyl (C=O) groups is 1. The van der Waals surface area contributed by atoms with Gasteiger partial charge >= 0.3 is 0 Å². The molecule has 2 N–H and O–H groups in total. The van der Waals surface area contributed by atoms with Crippen LogP contribution in [-0.4, -0.2) is 27.0 Å². The number of para-hydroxylation sites is 1. The van der Waals surface area contributed by atoms with Crippen LogP contribution in [0.4, 0.5) is 0 Å². The lowest BCUT2D eigenvalue weighted by Crippen LogP contribution is -2.26. The lowest BCUT2D eigenvalue weighted by atomic mass is 10.1. The molecule has 0 aliphatic carbocycles. The van der Waals surface area contributed by atoms with Gasteiger partial charge in [-0.3, -0.25) is 4.79 Å².